The van der Waals surface area contributed by atoms with Crippen molar-refractivity contribution in [3.05, 3.63) is 22.8 Å². The molecule has 0 saturated heterocycles. The summed E-state index contributed by atoms with van der Waals surface area (Å²) in [6.45, 7) is 3.20. The zero-order valence-corrected chi connectivity index (χ0v) is 12.0. The third kappa shape index (κ3) is 3.98. The average Bonchev–Trinajstić information content (AvgIpc) is 2.74. The summed E-state index contributed by atoms with van der Waals surface area (Å²) in [6.07, 6.45) is 9.79. The smallest absolute Gasteiger partial charge is 0.213 e. The lowest BCUT2D eigenvalue weighted by Crippen LogP contribution is -2.12. The minimum Gasteiger partial charge on any atom is -0.478 e. The van der Waals surface area contributed by atoms with Gasteiger partial charge in [0.05, 0.1) is 6.61 Å². The molecule has 3 heteroatoms. The third-order valence-electron chi connectivity index (χ3n) is 3.69. The van der Waals surface area contributed by atoms with Gasteiger partial charge in [-0.3, -0.25) is 0 Å². The summed E-state index contributed by atoms with van der Waals surface area (Å²) >= 11 is 3.36. The molecule has 94 valence electrons. The van der Waals surface area contributed by atoms with Crippen LogP contribution < -0.4 is 4.74 Å². The Morgan fingerprint density at radius 3 is 2.76 bits per heavy atom. The lowest BCUT2D eigenvalue weighted by molar-refractivity contribution is 0.240. The number of pyridine rings is 1. The van der Waals surface area contributed by atoms with E-state index in [0.717, 1.165) is 23.4 Å². The number of ether oxygens (including phenoxy) is 1. The van der Waals surface area contributed by atoms with Crippen LogP contribution in [0.4, 0.5) is 0 Å². The van der Waals surface area contributed by atoms with Crippen molar-refractivity contribution in [2.24, 2.45) is 5.41 Å². The second-order valence-corrected chi connectivity index (χ2v) is 6.20. The molecule has 1 heterocycles. The van der Waals surface area contributed by atoms with Gasteiger partial charge in [-0.1, -0.05) is 19.8 Å². The largest absolute Gasteiger partial charge is 0.478 e. The van der Waals surface area contributed by atoms with Crippen molar-refractivity contribution in [2.45, 2.75) is 45.4 Å². The molecule has 0 aliphatic heterocycles. The van der Waals surface area contributed by atoms with E-state index in [1.807, 2.05) is 12.1 Å². The molecule has 1 aliphatic carbocycles. The van der Waals surface area contributed by atoms with Gasteiger partial charge in [-0.2, -0.15) is 0 Å². The zero-order chi connectivity index (χ0) is 12.1. The Labute approximate surface area is 112 Å². The topological polar surface area (TPSA) is 22.1 Å². The van der Waals surface area contributed by atoms with Crippen LogP contribution in [0.2, 0.25) is 0 Å². The van der Waals surface area contributed by atoms with Gasteiger partial charge in [0, 0.05) is 16.7 Å². The Bertz CT molecular complexity index is 344. The quantitative estimate of drug-likeness (QED) is 0.742. The molecule has 0 radical (unpaired) electrons. The van der Waals surface area contributed by atoms with E-state index in [4.69, 9.17) is 4.74 Å². The van der Waals surface area contributed by atoms with E-state index >= 15 is 0 Å². The van der Waals surface area contributed by atoms with Crippen molar-refractivity contribution >= 4 is 15.9 Å². The first-order valence-corrected chi connectivity index (χ1v) is 7.22. The standard InChI is InChI=1S/C14H20BrNO/c1-14(7-2-3-8-14)9-4-10-17-13-6-5-12(15)11-16-13/h5-6,11H,2-4,7-10H2,1H3. The molecule has 0 aromatic carbocycles. The minimum atomic E-state index is 0.580. The maximum absolute atomic E-state index is 5.63. The van der Waals surface area contributed by atoms with Gasteiger partial charge in [-0.05, 0) is 53.1 Å². The molecule has 1 fully saturated rings. The molecule has 0 N–H and O–H groups in total. The van der Waals surface area contributed by atoms with Gasteiger partial charge >= 0.3 is 0 Å². The molecule has 0 unspecified atom stereocenters. The molecule has 2 rings (SSSR count). The highest BCUT2D eigenvalue weighted by atomic mass is 79.9. The van der Waals surface area contributed by atoms with E-state index in [-0.39, 0.29) is 0 Å². The van der Waals surface area contributed by atoms with E-state index < -0.39 is 0 Å². The normalized spacial score (nSPS) is 18.2. The molecule has 1 saturated carbocycles. The average molecular weight is 298 g/mol. The Morgan fingerprint density at radius 2 is 2.12 bits per heavy atom. The fourth-order valence-electron chi connectivity index (χ4n) is 2.60. The van der Waals surface area contributed by atoms with Gasteiger partial charge in [-0.15, -0.1) is 0 Å². The Morgan fingerprint density at radius 1 is 1.35 bits per heavy atom. The molecule has 0 spiro atoms. The number of aromatic nitrogens is 1. The lowest BCUT2D eigenvalue weighted by atomic mass is 9.84. The first-order valence-electron chi connectivity index (χ1n) is 6.42. The molecule has 0 amide bonds. The van der Waals surface area contributed by atoms with Gasteiger partial charge in [0.1, 0.15) is 0 Å². The fourth-order valence-corrected chi connectivity index (χ4v) is 2.84. The molecule has 2 nitrogen and oxygen atoms in total. The van der Waals surface area contributed by atoms with E-state index in [9.17, 15) is 0 Å². The third-order valence-corrected chi connectivity index (χ3v) is 4.15. The number of rotatable bonds is 5. The number of nitrogens with zero attached hydrogens (tertiary/aromatic N) is 1. The first kappa shape index (κ1) is 12.9. The van der Waals surface area contributed by atoms with Gasteiger partial charge < -0.3 is 4.74 Å². The van der Waals surface area contributed by atoms with Crippen LogP contribution in [0, 0.1) is 5.41 Å². The highest BCUT2D eigenvalue weighted by Crippen LogP contribution is 2.41. The molecule has 0 atom stereocenters. The monoisotopic (exact) mass is 297 g/mol. The van der Waals surface area contributed by atoms with Crippen molar-refractivity contribution < 1.29 is 4.74 Å². The summed E-state index contributed by atoms with van der Waals surface area (Å²) in [5, 5.41) is 0. The van der Waals surface area contributed by atoms with Crippen molar-refractivity contribution in [3.8, 4) is 5.88 Å². The van der Waals surface area contributed by atoms with Crippen LogP contribution in [0.3, 0.4) is 0 Å². The SMILES string of the molecule is CC1(CCCOc2ccc(Br)cn2)CCCC1. The highest BCUT2D eigenvalue weighted by Gasteiger charge is 2.27. The second kappa shape index (κ2) is 5.85. The summed E-state index contributed by atoms with van der Waals surface area (Å²) in [7, 11) is 0. The highest BCUT2D eigenvalue weighted by molar-refractivity contribution is 9.10. The van der Waals surface area contributed by atoms with Gasteiger partial charge in [0.25, 0.3) is 0 Å². The molecule has 0 bridgehead atoms. The summed E-state index contributed by atoms with van der Waals surface area (Å²) in [6, 6.07) is 3.86. The second-order valence-electron chi connectivity index (χ2n) is 5.28. The Kier molecular flexibility index (Phi) is 4.43. The van der Waals surface area contributed by atoms with Gasteiger partial charge in [0.2, 0.25) is 5.88 Å². The van der Waals surface area contributed by atoms with Crippen molar-refractivity contribution in [1.29, 1.82) is 0 Å². The predicted octanol–water partition coefficient (Wildman–Crippen LogP) is 4.58. The number of hydrogen-bond donors (Lipinski definition) is 0. The summed E-state index contributed by atoms with van der Waals surface area (Å²) in [5.74, 6) is 0.727. The molecule has 1 aromatic heterocycles. The Hall–Kier alpha value is -0.570. The predicted molar refractivity (Wildman–Crippen MR) is 73.2 cm³/mol. The van der Waals surface area contributed by atoms with Crippen LogP contribution in [0.5, 0.6) is 5.88 Å². The van der Waals surface area contributed by atoms with Crippen LogP contribution in [-0.2, 0) is 0 Å². The summed E-state index contributed by atoms with van der Waals surface area (Å²) < 4.78 is 6.62. The summed E-state index contributed by atoms with van der Waals surface area (Å²) in [4.78, 5) is 4.20. The van der Waals surface area contributed by atoms with Crippen LogP contribution in [0.1, 0.15) is 45.4 Å². The van der Waals surface area contributed by atoms with E-state index in [1.54, 1.807) is 6.20 Å². The van der Waals surface area contributed by atoms with Crippen molar-refractivity contribution in [1.82, 2.24) is 4.98 Å². The van der Waals surface area contributed by atoms with E-state index in [1.165, 1.54) is 32.1 Å². The zero-order valence-electron chi connectivity index (χ0n) is 10.4. The minimum absolute atomic E-state index is 0.580. The Balaban J connectivity index is 1.67. The molecule has 1 aromatic rings. The maximum Gasteiger partial charge on any atom is 0.213 e. The molecular formula is C14H20BrNO. The van der Waals surface area contributed by atoms with Crippen LogP contribution in [0.25, 0.3) is 0 Å². The van der Waals surface area contributed by atoms with E-state index in [2.05, 4.69) is 27.8 Å². The first-order chi connectivity index (χ1) is 8.18. The van der Waals surface area contributed by atoms with Gasteiger partial charge in [0.15, 0.2) is 0 Å². The van der Waals surface area contributed by atoms with Crippen LogP contribution >= 0.6 is 15.9 Å². The summed E-state index contributed by atoms with van der Waals surface area (Å²) in [5.41, 5.74) is 0.580. The number of hydrogen-bond acceptors (Lipinski definition) is 2. The number of halogens is 1. The van der Waals surface area contributed by atoms with Crippen molar-refractivity contribution in [2.75, 3.05) is 6.61 Å². The fraction of sp³-hybridized carbons (Fsp3) is 0.643. The van der Waals surface area contributed by atoms with E-state index in [0.29, 0.717) is 5.41 Å². The van der Waals surface area contributed by atoms with Gasteiger partial charge in [-0.25, -0.2) is 4.98 Å². The van der Waals surface area contributed by atoms with Crippen molar-refractivity contribution in [3.63, 3.8) is 0 Å². The molecule has 1 aliphatic rings. The lowest BCUT2D eigenvalue weighted by Gasteiger charge is -2.22. The van der Waals surface area contributed by atoms with Crippen LogP contribution in [-0.4, -0.2) is 11.6 Å². The maximum atomic E-state index is 5.63. The van der Waals surface area contributed by atoms with Crippen LogP contribution in [0.15, 0.2) is 22.8 Å². The molecule has 17 heavy (non-hydrogen) atoms. The molecular weight excluding hydrogens is 278 g/mol.